The minimum Gasteiger partial charge on any atom is -0.495 e. The van der Waals surface area contributed by atoms with Crippen molar-refractivity contribution in [3.05, 3.63) is 58.6 Å². The van der Waals surface area contributed by atoms with Crippen molar-refractivity contribution < 1.29 is 14.3 Å². The molecule has 0 aromatic heterocycles. The molecule has 2 heterocycles. The number of nitrogens with one attached hydrogen (secondary N) is 1. The number of methoxy groups -OCH3 is 1. The lowest BCUT2D eigenvalue weighted by Crippen LogP contribution is -2.39. The van der Waals surface area contributed by atoms with Gasteiger partial charge in [0.05, 0.1) is 24.0 Å². The van der Waals surface area contributed by atoms with Crippen molar-refractivity contribution in [1.82, 2.24) is 4.90 Å². The highest BCUT2D eigenvalue weighted by Crippen LogP contribution is 2.44. The van der Waals surface area contributed by atoms with Crippen LogP contribution in [-0.4, -0.2) is 36.9 Å². The maximum Gasteiger partial charge on any atom is 0.236 e. The molecule has 2 aromatic rings. The predicted molar refractivity (Wildman–Crippen MR) is 99.7 cm³/mol. The molecule has 0 saturated carbocycles. The Bertz CT molecular complexity index is 898. The number of hydrogen-bond donors (Lipinski definition) is 1. The van der Waals surface area contributed by atoms with Gasteiger partial charge >= 0.3 is 0 Å². The molecule has 26 heavy (non-hydrogen) atoms. The van der Waals surface area contributed by atoms with Gasteiger partial charge in [-0.15, -0.1) is 0 Å². The summed E-state index contributed by atoms with van der Waals surface area (Å²) in [6, 6.07) is 13.1. The van der Waals surface area contributed by atoms with Gasteiger partial charge in [-0.3, -0.25) is 9.59 Å². The van der Waals surface area contributed by atoms with Crippen molar-refractivity contribution in [3.63, 3.8) is 0 Å². The van der Waals surface area contributed by atoms with Gasteiger partial charge in [-0.1, -0.05) is 35.9 Å². The molecule has 2 aromatic carbocycles. The first kappa shape index (κ1) is 16.9. The van der Waals surface area contributed by atoms with Crippen LogP contribution in [0, 0.1) is 0 Å². The first-order valence-corrected chi connectivity index (χ1v) is 8.92. The number of ether oxygens (including phenoxy) is 1. The maximum atomic E-state index is 12.8. The van der Waals surface area contributed by atoms with Crippen LogP contribution >= 0.6 is 11.6 Å². The molecule has 5 nitrogen and oxygen atoms in total. The molecule has 2 aliphatic heterocycles. The van der Waals surface area contributed by atoms with E-state index in [4.69, 9.17) is 16.3 Å². The lowest BCUT2D eigenvalue weighted by atomic mass is 9.81. The minimum atomic E-state index is -0.621. The molecular formula is C20H19ClN2O3. The Morgan fingerprint density at radius 1 is 1.31 bits per heavy atom. The molecule has 1 saturated heterocycles. The van der Waals surface area contributed by atoms with Gasteiger partial charge in [0, 0.05) is 18.8 Å². The standard InChI is InChI=1S/C20H19ClN2O3/c1-26-17-7-6-13(10-15(17)21)11-18(24)23-9-8-20(12-23)14-4-2-3-5-16(14)22-19(20)25/h2-7,10H,8-9,11-12H2,1H3,(H,22,25)/t20-/m1/s1. The molecule has 1 fully saturated rings. The van der Waals surface area contributed by atoms with Gasteiger partial charge in [0.25, 0.3) is 0 Å². The first-order chi connectivity index (χ1) is 12.5. The van der Waals surface area contributed by atoms with Crippen LogP contribution in [0.5, 0.6) is 5.75 Å². The molecule has 0 aliphatic carbocycles. The number of hydrogen-bond acceptors (Lipinski definition) is 3. The van der Waals surface area contributed by atoms with Crippen molar-refractivity contribution in [2.75, 3.05) is 25.5 Å². The first-order valence-electron chi connectivity index (χ1n) is 8.55. The minimum absolute atomic E-state index is 0.000268. The molecule has 1 atom stereocenters. The summed E-state index contributed by atoms with van der Waals surface area (Å²) >= 11 is 6.14. The number of carbonyl (C=O) groups is 2. The monoisotopic (exact) mass is 370 g/mol. The topological polar surface area (TPSA) is 58.6 Å². The molecule has 1 spiro atoms. The third-order valence-electron chi connectivity index (χ3n) is 5.32. The number of likely N-dealkylation sites (tertiary alicyclic amines) is 1. The van der Waals surface area contributed by atoms with Gasteiger partial charge in [0.2, 0.25) is 11.8 Å². The molecule has 0 bridgehead atoms. The summed E-state index contributed by atoms with van der Waals surface area (Å²) in [6.45, 7) is 0.989. The van der Waals surface area contributed by atoms with E-state index >= 15 is 0 Å². The lowest BCUT2D eigenvalue weighted by molar-refractivity contribution is -0.129. The number of amides is 2. The molecule has 134 valence electrons. The smallest absolute Gasteiger partial charge is 0.236 e. The molecule has 6 heteroatoms. The fraction of sp³-hybridized carbons (Fsp3) is 0.300. The Labute approximate surface area is 156 Å². The van der Waals surface area contributed by atoms with E-state index in [1.165, 1.54) is 0 Å². The van der Waals surface area contributed by atoms with Gasteiger partial charge in [-0.25, -0.2) is 0 Å². The second-order valence-corrected chi connectivity index (χ2v) is 7.20. The number of benzene rings is 2. The summed E-state index contributed by atoms with van der Waals surface area (Å²) in [4.78, 5) is 27.2. The van der Waals surface area contributed by atoms with Crippen LogP contribution in [0.3, 0.4) is 0 Å². The summed E-state index contributed by atoms with van der Waals surface area (Å²) in [6.07, 6.45) is 0.897. The summed E-state index contributed by atoms with van der Waals surface area (Å²) in [5, 5.41) is 3.44. The van der Waals surface area contributed by atoms with Crippen LogP contribution < -0.4 is 10.1 Å². The van der Waals surface area contributed by atoms with E-state index < -0.39 is 5.41 Å². The van der Waals surface area contributed by atoms with E-state index in [9.17, 15) is 9.59 Å². The Morgan fingerprint density at radius 2 is 2.12 bits per heavy atom. The van der Waals surface area contributed by atoms with Gasteiger partial charge in [-0.2, -0.15) is 0 Å². The second-order valence-electron chi connectivity index (χ2n) is 6.79. The van der Waals surface area contributed by atoms with Gasteiger partial charge in [0.1, 0.15) is 5.75 Å². The highest BCUT2D eigenvalue weighted by molar-refractivity contribution is 6.32. The third-order valence-corrected chi connectivity index (χ3v) is 5.61. The Kier molecular flexibility index (Phi) is 4.11. The largest absolute Gasteiger partial charge is 0.495 e. The molecule has 4 rings (SSSR count). The quantitative estimate of drug-likeness (QED) is 0.903. The van der Waals surface area contributed by atoms with Crippen molar-refractivity contribution in [3.8, 4) is 5.75 Å². The number of anilines is 1. The Morgan fingerprint density at radius 3 is 2.88 bits per heavy atom. The highest BCUT2D eigenvalue weighted by atomic mass is 35.5. The van der Waals surface area contributed by atoms with E-state index in [0.717, 1.165) is 16.8 Å². The third kappa shape index (κ3) is 2.63. The number of rotatable bonds is 3. The molecular weight excluding hydrogens is 352 g/mol. The van der Waals surface area contributed by atoms with Crippen molar-refractivity contribution >= 4 is 29.1 Å². The lowest BCUT2D eigenvalue weighted by Gasteiger charge is -2.22. The maximum absolute atomic E-state index is 12.8. The average molecular weight is 371 g/mol. The number of fused-ring (bicyclic) bond motifs is 2. The number of para-hydroxylation sites is 1. The normalized spacial score (nSPS) is 21.0. The predicted octanol–water partition coefficient (Wildman–Crippen LogP) is 3.01. The van der Waals surface area contributed by atoms with Crippen LogP contribution in [-0.2, 0) is 21.4 Å². The van der Waals surface area contributed by atoms with E-state index in [1.807, 2.05) is 30.3 Å². The van der Waals surface area contributed by atoms with Crippen LogP contribution in [0.4, 0.5) is 5.69 Å². The average Bonchev–Trinajstić information content (AvgIpc) is 3.19. The van der Waals surface area contributed by atoms with Crippen molar-refractivity contribution in [2.45, 2.75) is 18.3 Å². The van der Waals surface area contributed by atoms with Crippen molar-refractivity contribution in [2.24, 2.45) is 0 Å². The molecule has 0 radical (unpaired) electrons. The highest BCUT2D eigenvalue weighted by Gasteiger charge is 2.51. The van der Waals surface area contributed by atoms with Gasteiger partial charge in [-0.05, 0) is 35.7 Å². The zero-order chi connectivity index (χ0) is 18.3. The van der Waals surface area contributed by atoms with E-state index in [1.54, 1.807) is 24.1 Å². The molecule has 2 aliphatic rings. The van der Waals surface area contributed by atoms with Gasteiger partial charge < -0.3 is 15.0 Å². The van der Waals surface area contributed by atoms with Crippen LogP contribution in [0.15, 0.2) is 42.5 Å². The summed E-state index contributed by atoms with van der Waals surface area (Å²) in [5.41, 5.74) is 2.06. The molecule has 1 N–H and O–H groups in total. The number of halogens is 1. The number of nitrogens with zero attached hydrogens (tertiary/aromatic N) is 1. The Balaban J connectivity index is 1.51. The summed E-state index contributed by atoms with van der Waals surface area (Å²) in [7, 11) is 1.56. The van der Waals surface area contributed by atoms with Crippen LogP contribution in [0.25, 0.3) is 0 Å². The zero-order valence-corrected chi connectivity index (χ0v) is 15.2. The van der Waals surface area contributed by atoms with E-state index in [0.29, 0.717) is 30.3 Å². The number of carbonyl (C=O) groups excluding carboxylic acids is 2. The fourth-order valence-corrected chi connectivity index (χ4v) is 4.19. The Hall–Kier alpha value is -2.53. The summed E-state index contributed by atoms with van der Waals surface area (Å²) < 4.78 is 5.14. The van der Waals surface area contributed by atoms with Crippen molar-refractivity contribution in [1.29, 1.82) is 0 Å². The SMILES string of the molecule is COc1ccc(CC(=O)N2CC[C@]3(C2)C(=O)Nc2ccccc23)cc1Cl. The molecule has 2 amide bonds. The van der Waals surface area contributed by atoms with Crippen LogP contribution in [0.2, 0.25) is 5.02 Å². The van der Waals surface area contributed by atoms with E-state index in [-0.39, 0.29) is 18.2 Å². The van der Waals surface area contributed by atoms with E-state index in [2.05, 4.69) is 5.32 Å². The van der Waals surface area contributed by atoms with Gasteiger partial charge in [0.15, 0.2) is 0 Å². The zero-order valence-electron chi connectivity index (χ0n) is 14.4. The second kappa shape index (κ2) is 6.32. The summed E-state index contributed by atoms with van der Waals surface area (Å²) in [5.74, 6) is 0.573. The molecule has 0 unspecified atom stereocenters. The fourth-order valence-electron chi connectivity index (χ4n) is 3.91. The van der Waals surface area contributed by atoms with Crippen LogP contribution in [0.1, 0.15) is 17.5 Å².